The first-order valence-corrected chi connectivity index (χ1v) is 13.2. The van der Waals surface area contributed by atoms with Crippen LogP contribution in [0.15, 0.2) is 54.6 Å². The van der Waals surface area contributed by atoms with Crippen molar-refractivity contribution < 1.29 is 19.0 Å². The fourth-order valence-corrected chi connectivity index (χ4v) is 4.41. The largest absolute Gasteiger partial charge is 0.481 e. The highest BCUT2D eigenvalue weighted by atomic mass is 19.1. The van der Waals surface area contributed by atoms with Crippen LogP contribution in [0.3, 0.4) is 0 Å². The summed E-state index contributed by atoms with van der Waals surface area (Å²) in [6.45, 7) is 4.83. The number of alkyl halides is 1. The highest BCUT2D eigenvalue weighted by molar-refractivity contribution is 5.77. The average Bonchev–Trinajstić information content (AvgIpc) is 2.85. The maximum atomic E-state index is 15.8. The van der Waals surface area contributed by atoms with Crippen molar-refractivity contribution in [2.24, 2.45) is 0 Å². The van der Waals surface area contributed by atoms with Crippen molar-refractivity contribution in [2.45, 2.75) is 103 Å². The molecule has 0 bridgehead atoms. The summed E-state index contributed by atoms with van der Waals surface area (Å²) in [6, 6.07) is 17.1. The van der Waals surface area contributed by atoms with Gasteiger partial charge >= 0.3 is 5.97 Å². The van der Waals surface area contributed by atoms with Gasteiger partial charge in [-0.3, -0.25) is 4.79 Å². The molecule has 0 saturated heterocycles. The molecule has 188 valence electrons. The molecule has 0 aliphatic rings. The molecule has 34 heavy (non-hydrogen) atoms. The van der Waals surface area contributed by atoms with Crippen molar-refractivity contribution in [1.82, 2.24) is 0 Å². The van der Waals surface area contributed by atoms with Crippen LogP contribution in [-0.4, -0.2) is 30.0 Å². The Bertz CT molecular complexity index is 790. The van der Waals surface area contributed by atoms with E-state index in [2.05, 4.69) is 13.8 Å². The third-order valence-electron chi connectivity index (χ3n) is 6.49. The van der Waals surface area contributed by atoms with Gasteiger partial charge in [0.25, 0.3) is 0 Å². The third-order valence-corrected chi connectivity index (χ3v) is 6.49. The highest BCUT2D eigenvalue weighted by Crippen LogP contribution is 2.30. The number of carboxylic acids is 1. The summed E-state index contributed by atoms with van der Waals surface area (Å²) in [6.07, 6.45) is 9.18. The quantitative estimate of drug-likeness (QED) is 0.222. The molecule has 3 nitrogen and oxygen atoms in total. The van der Waals surface area contributed by atoms with Crippen molar-refractivity contribution in [3.05, 3.63) is 60.2 Å². The van der Waals surface area contributed by atoms with Gasteiger partial charge < -0.3 is 9.84 Å². The summed E-state index contributed by atoms with van der Waals surface area (Å²) >= 11 is 0. The Morgan fingerprint density at radius 3 is 1.97 bits per heavy atom. The lowest BCUT2D eigenvalue weighted by Gasteiger charge is -2.27. The number of hydrogen-bond acceptors (Lipinski definition) is 2. The topological polar surface area (TPSA) is 46.5 Å². The molecular formula is C30H43FO3. The maximum absolute atomic E-state index is 15.8. The summed E-state index contributed by atoms with van der Waals surface area (Å²) in [7, 11) is 0. The molecule has 0 radical (unpaired) electrons. The van der Waals surface area contributed by atoms with Crippen molar-refractivity contribution >= 4 is 5.97 Å². The molecule has 0 amide bonds. The Morgan fingerprint density at radius 1 is 0.794 bits per heavy atom. The molecule has 0 spiro atoms. The van der Waals surface area contributed by atoms with E-state index in [4.69, 9.17) is 4.74 Å². The van der Waals surface area contributed by atoms with E-state index < -0.39 is 24.2 Å². The van der Waals surface area contributed by atoms with E-state index in [0.29, 0.717) is 18.6 Å². The van der Waals surface area contributed by atoms with Crippen molar-refractivity contribution in [3.63, 3.8) is 0 Å². The Hall–Kier alpha value is -2.20. The maximum Gasteiger partial charge on any atom is 0.314 e. The number of rotatable bonds is 18. The molecule has 1 N–H and O–H groups in total. The standard InChI is InChI=1S/C30H43FO3/c1-3-5-7-9-10-15-23-34-27(18-14-8-6-4-2)29(31)28(30(32)33)26-21-19-25(20-22-26)24-16-12-11-13-17-24/h11-13,16-17,19-22,27-29H,3-10,14-15,18,23H2,1-2H3,(H,32,33). The molecule has 0 heterocycles. The monoisotopic (exact) mass is 470 g/mol. The van der Waals surface area contributed by atoms with Gasteiger partial charge in [-0.1, -0.05) is 126 Å². The average molecular weight is 471 g/mol. The number of carbonyl (C=O) groups is 1. The van der Waals surface area contributed by atoms with Crippen LogP contribution < -0.4 is 0 Å². The van der Waals surface area contributed by atoms with E-state index in [0.717, 1.165) is 49.7 Å². The van der Waals surface area contributed by atoms with Gasteiger partial charge in [-0.05, 0) is 29.5 Å². The first kappa shape index (κ1) is 28.0. The lowest BCUT2D eigenvalue weighted by Crippen LogP contribution is -2.35. The number of carboxylic acid groups (broad SMARTS) is 1. The number of benzene rings is 2. The van der Waals surface area contributed by atoms with Crippen LogP contribution in [0.2, 0.25) is 0 Å². The van der Waals surface area contributed by atoms with Gasteiger partial charge in [0.1, 0.15) is 12.1 Å². The Labute approximate surface area is 205 Å². The van der Waals surface area contributed by atoms with E-state index in [9.17, 15) is 9.90 Å². The van der Waals surface area contributed by atoms with Gasteiger partial charge in [0.05, 0.1) is 6.10 Å². The first-order chi connectivity index (χ1) is 16.6. The summed E-state index contributed by atoms with van der Waals surface area (Å²) in [5, 5.41) is 9.94. The number of hydrogen-bond donors (Lipinski definition) is 1. The SMILES string of the molecule is CCCCCCCCOC(CCCCCC)C(F)C(C(=O)O)c1ccc(-c2ccccc2)cc1. The number of aliphatic carboxylic acids is 1. The van der Waals surface area contributed by atoms with Crippen LogP contribution in [0.5, 0.6) is 0 Å². The minimum atomic E-state index is -1.58. The number of ether oxygens (including phenoxy) is 1. The predicted octanol–water partition coefficient (Wildman–Crippen LogP) is 8.58. The summed E-state index contributed by atoms with van der Waals surface area (Å²) in [5.41, 5.74) is 2.52. The highest BCUT2D eigenvalue weighted by Gasteiger charge is 2.36. The zero-order valence-electron chi connectivity index (χ0n) is 21.1. The van der Waals surface area contributed by atoms with Gasteiger partial charge in [0.15, 0.2) is 0 Å². The summed E-state index contributed by atoms with van der Waals surface area (Å²) in [4.78, 5) is 12.2. The van der Waals surface area contributed by atoms with Gasteiger partial charge in [-0.25, -0.2) is 4.39 Å². The Kier molecular flexibility index (Phi) is 13.6. The molecule has 0 saturated carbocycles. The van der Waals surface area contributed by atoms with Crippen LogP contribution in [0.1, 0.15) is 96.0 Å². The zero-order valence-corrected chi connectivity index (χ0v) is 21.1. The molecule has 2 rings (SSSR count). The minimum Gasteiger partial charge on any atom is -0.481 e. The predicted molar refractivity (Wildman–Crippen MR) is 139 cm³/mol. The Balaban J connectivity index is 2.06. The Morgan fingerprint density at radius 2 is 1.35 bits per heavy atom. The molecule has 0 aromatic heterocycles. The fraction of sp³-hybridized carbons (Fsp3) is 0.567. The van der Waals surface area contributed by atoms with E-state index in [-0.39, 0.29) is 0 Å². The smallest absolute Gasteiger partial charge is 0.314 e. The van der Waals surface area contributed by atoms with Crippen molar-refractivity contribution in [1.29, 1.82) is 0 Å². The third kappa shape index (κ3) is 9.58. The minimum absolute atomic E-state index is 0.487. The van der Waals surface area contributed by atoms with Crippen LogP contribution in [0.25, 0.3) is 11.1 Å². The molecule has 2 aromatic rings. The second-order valence-electron chi connectivity index (χ2n) is 9.27. The molecule has 3 unspecified atom stereocenters. The van der Waals surface area contributed by atoms with Crippen molar-refractivity contribution in [3.8, 4) is 11.1 Å². The molecule has 4 heteroatoms. The lowest BCUT2D eigenvalue weighted by atomic mass is 9.88. The lowest BCUT2D eigenvalue weighted by molar-refractivity contribution is -0.143. The molecule has 0 fully saturated rings. The molecule has 0 aliphatic heterocycles. The van der Waals surface area contributed by atoms with Gasteiger partial charge in [0, 0.05) is 6.61 Å². The molecule has 2 aromatic carbocycles. The van der Waals surface area contributed by atoms with Crippen LogP contribution in [0.4, 0.5) is 4.39 Å². The molecular weight excluding hydrogens is 427 g/mol. The van der Waals surface area contributed by atoms with E-state index in [1.807, 2.05) is 42.5 Å². The van der Waals surface area contributed by atoms with E-state index >= 15 is 4.39 Å². The number of unbranched alkanes of at least 4 members (excludes halogenated alkanes) is 8. The van der Waals surface area contributed by atoms with E-state index in [1.165, 1.54) is 25.7 Å². The normalized spacial score (nSPS) is 14.0. The van der Waals surface area contributed by atoms with Crippen molar-refractivity contribution in [2.75, 3.05) is 6.61 Å². The van der Waals surface area contributed by atoms with Crippen LogP contribution in [0, 0.1) is 0 Å². The molecule has 0 aliphatic carbocycles. The van der Waals surface area contributed by atoms with Crippen LogP contribution in [-0.2, 0) is 9.53 Å². The second kappa shape index (κ2) is 16.4. The first-order valence-electron chi connectivity index (χ1n) is 13.2. The second-order valence-corrected chi connectivity index (χ2v) is 9.27. The van der Waals surface area contributed by atoms with Gasteiger partial charge in [0.2, 0.25) is 0 Å². The van der Waals surface area contributed by atoms with Crippen LogP contribution >= 0.6 is 0 Å². The zero-order chi connectivity index (χ0) is 24.6. The summed E-state index contributed by atoms with van der Waals surface area (Å²) < 4.78 is 21.8. The van der Waals surface area contributed by atoms with E-state index in [1.54, 1.807) is 12.1 Å². The number of halogens is 1. The molecule has 3 atom stereocenters. The summed E-state index contributed by atoms with van der Waals surface area (Å²) in [5.74, 6) is -2.37. The fourth-order valence-electron chi connectivity index (χ4n) is 4.41. The van der Waals surface area contributed by atoms with Gasteiger partial charge in [-0.15, -0.1) is 0 Å². The van der Waals surface area contributed by atoms with Gasteiger partial charge in [-0.2, -0.15) is 0 Å².